The number of carbonyl (C=O) groups excluding carboxylic acids is 1. The van der Waals surface area contributed by atoms with Crippen LogP contribution in [0.1, 0.15) is 25.5 Å². The summed E-state index contributed by atoms with van der Waals surface area (Å²) < 4.78 is 0. The third-order valence-electron chi connectivity index (χ3n) is 2.39. The number of pyridine rings is 1. The molecule has 4 nitrogen and oxygen atoms in total. The molecule has 0 bridgehead atoms. The molecule has 0 aromatic carbocycles. The van der Waals surface area contributed by atoms with E-state index in [2.05, 4.69) is 15.6 Å². The van der Waals surface area contributed by atoms with Gasteiger partial charge in [-0.15, -0.1) is 0 Å². The molecule has 0 fully saturated rings. The standard InChI is InChI=1S/C11H17N3O/c1-8(10-4-6-13-7-5-10)14-11(15)9(2)12-3/h4-9,12H,1-3H3,(H,14,15)/t8-,9?/m1/s1. The lowest BCUT2D eigenvalue weighted by atomic mass is 10.1. The normalized spacial score (nSPS) is 14.3. The fraction of sp³-hybridized carbons (Fsp3) is 0.455. The van der Waals surface area contributed by atoms with Gasteiger partial charge in [-0.25, -0.2) is 0 Å². The number of nitrogens with zero attached hydrogens (tertiary/aromatic N) is 1. The quantitative estimate of drug-likeness (QED) is 0.770. The van der Waals surface area contributed by atoms with Crippen LogP contribution in [0.3, 0.4) is 0 Å². The van der Waals surface area contributed by atoms with Crippen molar-refractivity contribution in [2.45, 2.75) is 25.9 Å². The van der Waals surface area contributed by atoms with Crippen LogP contribution in [0.2, 0.25) is 0 Å². The van der Waals surface area contributed by atoms with Crippen LogP contribution in [0.15, 0.2) is 24.5 Å². The number of aromatic nitrogens is 1. The van der Waals surface area contributed by atoms with E-state index in [4.69, 9.17) is 0 Å². The van der Waals surface area contributed by atoms with E-state index < -0.39 is 0 Å². The van der Waals surface area contributed by atoms with Crippen molar-refractivity contribution in [2.75, 3.05) is 7.05 Å². The van der Waals surface area contributed by atoms with E-state index in [1.165, 1.54) is 0 Å². The summed E-state index contributed by atoms with van der Waals surface area (Å²) in [7, 11) is 1.77. The van der Waals surface area contributed by atoms with Gasteiger partial charge in [0.2, 0.25) is 5.91 Å². The minimum atomic E-state index is -0.172. The van der Waals surface area contributed by atoms with Crippen LogP contribution in [0, 0.1) is 0 Å². The molecule has 1 amide bonds. The molecule has 1 aromatic heterocycles. The van der Waals surface area contributed by atoms with Crippen molar-refractivity contribution in [3.05, 3.63) is 30.1 Å². The van der Waals surface area contributed by atoms with Gasteiger partial charge in [-0.05, 0) is 38.6 Å². The van der Waals surface area contributed by atoms with Crippen molar-refractivity contribution in [1.29, 1.82) is 0 Å². The first-order chi connectivity index (χ1) is 7.15. The molecule has 15 heavy (non-hydrogen) atoms. The summed E-state index contributed by atoms with van der Waals surface area (Å²) >= 11 is 0. The Morgan fingerprint density at radius 2 is 1.93 bits per heavy atom. The smallest absolute Gasteiger partial charge is 0.237 e. The fourth-order valence-corrected chi connectivity index (χ4v) is 1.20. The number of rotatable bonds is 4. The zero-order valence-electron chi connectivity index (χ0n) is 9.32. The molecule has 2 atom stereocenters. The minimum absolute atomic E-state index is 0.00168. The molecule has 1 unspecified atom stereocenters. The lowest BCUT2D eigenvalue weighted by molar-refractivity contribution is -0.123. The Balaban J connectivity index is 2.56. The fourth-order valence-electron chi connectivity index (χ4n) is 1.20. The van der Waals surface area contributed by atoms with Crippen molar-refractivity contribution in [1.82, 2.24) is 15.6 Å². The van der Waals surface area contributed by atoms with Crippen LogP contribution < -0.4 is 10.6 Å². The summed E-state index contributed by atoms with van der Waals surface area (Å²) in [5.74, 6) is 0.00168. The molecule has 0 aliphatic heterocycles. The highest BCUT2D eigenvalue weighted by molar-refractivity contribution is 5.81. The zero-order valence-corrected chi connectivity index (χ0v) is 9.32. The van der Waals surface area contributed by atoms with E-state index in [0.29, 0.717) is 0 Å². The summed E-state index contributed by atoms with van der Waals surface area (Å²) in [5.41, 5.74) is 1.06. The van der Waals surface area contributed by atoms with Crippen LogP contribution in [-0.2, 0) is 4.79 Å². The number of amides is 1. The SMILES string of the molecule is CNC(C)C(=O)N[C@H](C)c1ccncc1. The second kappa shape index (κ2) is 5.46. The average molecular weight is 207 g/mol. The maximum Gasteiger partial charge on any atom is 0.237 e. The molecule has 1 aromatic rings. The first-order valence-electron chi connectivity index (χ1n) is 5.02. The maximum atomic E-state index is 11.6. The number of hydrogen-bond acceptors (Lipinski definition) is 3. The van der Waals surface area contributed by atoms with Gasteiger partial charge in [0.05, 0.1) is 12.1 Å². The van der Waals surface area contributed by atoms with E-state index in [0.717, 1.165) is 5.56 Å². The molecular formula is C11H17N3O. The first kappa shape index (κ1) is 11.7. The van der Waals surface area contributed by atoms with Crippen molar-refractivity contribution >= 4 is 5.91 Å². The van der Waals surface area contributed by atoms with Crippen molar-refractivity contribution < 1.29 is 4.79 Å². The Morgan fingerprint density at radius 1 is 1.33 bits per heavy atom. The first-order valence-corrected chi connectivity index (χ1v) is 5.02. The monoisotopic (exact) mass is 207 g/mol. The highest BCUT2D eigenvalue weighted by atomic mass is 16.2. The van der Waals surface area contributed by atoms with Gasteiger partial charge in [-0.3, -0.25) is 9.78 Å². The number of likely N-dealkylation sites (N-methyl/N-ethyl adjacent to an activating group) is 1. The highest BCUT2D eigenvalue weighted by Crippen LogP contribution is 2.09. The minimum Gasteiger partial charge on any atom is -0.348 e. The Morgan fingerprint density at radius 3 is 2.47 bits per heavy atom. The molecule has 0 saturated heterocycles. The largest absolute Gasteiger partial charge is 0.348 e. The highest BCUT2D eigenvalue weighted by Gasteiger charge is 2.13. The topological polar surface area (TPSA) is 54.0 Å². The molecular weight excluding hydrogens is 190 g/mol. The predicted octanol–water partition coefficient (Wildman–Crippen LogP) is 0.867. The van der Waals surface area contributed by atoms with E-state index in [-0.39, 0.29) is 18.0 Å². The summed E-state index contributed by atoms with van der Waals surface area (Å²) in [6, 6.07) is 3.63. The van der Waals surface area contributed by atoms with Gasteiger partial charge in [-0.1, -0.05) is 0 Å². The third kappa shape index (κ3) is 3.32. The van der Waals surface area contributed by atoms with Gasteiger partial charge in [0.25, 0.3) is 0 Å². The molecule has 4 heteroatoms. The molecule has 82 valence electrons. The second-order valence-corrected chi connectivity index (χ2v) is 3.52. The Labute approximate surface area is 90.1 Å². The van der Waals surface area contributed by atoms with Crippen LogP contribution in [0.5, 0.6) is 0 Å². The van der Waals surface area contributed by atoms with Crippen LogP contribution >= 0.6 is 0 Å². The van der Waals surface area contributed by atoms with E-state index in [9.17, 15) is 4.79 Å². The summed E-state index contributed by atoms with van der Waals surface area (Å²) in [5, 5.41) is 5.81. The van der Waals surface area contributed by atoms with E-state index >= 15 is 0 Å². The van der Waals surface area contributed by atoms with Crippen LogP contribution in [-0.4, -0.2) is 24.0 Å². The average Bonchev–Trinajstić information content (AvgIpc) is 2.29. The lowest BCUT2D eigenvalue weighted by Gasteiger charge is -2.17. The molecule has 0 aliphatic carbocycles. The van der Waals surface area contributed by atoms with Gasteiger partial charge in [0, 0.05) is 12.4 Å². The number of hydrogen-bond donors (Lipinski definition) is 2. The summed E-state index contributed by atoms with van der Waals surface area (Å²) in [4.78, 5) is 15.5. The predicted molar refractivity (Wildman–Crippen MR) is 59.3 cm³/mol. The maximum absolute atomic E-state index is 11.6. The molecule has 0 radical (unpaired) electrons. The van der Waals surface area contributed by atoms with Crippen LogP contribution in [0.4, 0.5) is 0 Å². The van der Waals surface area contributed by atoms with Gasteiger partial charge in [0.1, 0.15) is 0 Å². The summed E-state index contributed by atoms with van der Waals surface area (Å²) in [6.07, 6.45) is 3.44. The van der Waals surface area contributed by atoms with Crippen molar-refractivity contribution in [3.8, 4) is 0 Å². The Hall–Kier alpha value is -1.42. The molecule has 0 spiro atoms. The second-order valence-electron chi connectivity index (χ2n) is 3.52. The Kier molecular flexibility index (Phi) is 4.24. The molecule has 2 N–H and O–H groups in total. The molecule has 0 saturated carbocycles. The van der Waals surface area contributed by atoms with Gasteiger partial charge >= 0.3 is 0 Å². The van der Waals surface area contributed by atoms with Crippen molar-refractivity contribution in [2.24, 2.45) is 0 Å². The number of carbonyl (C=O) groups is 1. The Bertz CT molecular complexity index is 313. The lowest BCUT2D eigenvalue weighted by Crippen LogP contribution is -2.41. The third-order valence-corrected chi connectivity index (χ3v) is 2.39. The van der Waals surface area contributed by atoms with Gasteiger partial charge in [0.15, 0.2) is 0 Å². The van der Waals surface area contributed by atoms with Gasteiger partial charge < -0.3 is 10.6 Å². The van der Waals surface area contributed by atoms with Gasteiger partial charge in [-0.2, -0.15) is 0 Å². The van der Waals surface area contributed by atoms with E-state index in [1.54, 1.807) is 19.4 Å². The molecule has 0 aliphatic rings. The van der Waals surface area contributed by atoms with Crippen molar-refractivity contribution in [3.63, 3.8) is 0 Å². The number of nitrogens with one attached hydrogen (secondary N) is 2. The summed E-state index contributed by atoms with van der Waals surface area (Å²) in [6.45, 7) is 3.78. The molecule has 1 heterocycles. The van der Waals surface area contributed by atoms with Crippen LogP contribution in [0.25, 0.3) is 0 Å². The molecule has 1 rings (SSSR count). The zero-order chi connectivity index (χ0) is 11.3. The van der Waals surface area contributed by atoms with E-state index in [1.807, 2.05) is 26.0 Å².